The third-order valence-corrected chi connectivity index (χ3v) is 3.54. The van der Waals surface area contributed by atoms with Crippen LogP contribution in [0.5, 0.6) is 5.88 Å². The van der Waals surface area contributed by atoms with Gasteiger partial charge in [0, 0.05) is 13.1 Å². The van der Waals surface area contributed by atoms with Gasteiger partial charge in [0.15, 0.2) is 0 Å². The maximum Gasteiger partial charge on any atom is 0.238 e. The van der Waals surface area contributed by atoms with Crippen LogP contribution in [0.15, 0.2) is 30.3 Å². The molecule has 2 aromatic rings. The van der Waals surface area contributed by atoms with E-state index in [0.29, 0.717) is 24.9 Å². The normalized spacial score (nSPS) is 18.6. The van der Waals surface area contributed by atoms with Crippen LogP contribution in [0.4, 0.5) is 5.82 Å². The maximum atomic E-state index is 6.12. The summed E-state index contributed by atoms with van der Waals surface area (Å²) in [7, 11) is 0. The lowest BCUT2D eigenvalue weighted by molar-refractivity contribution is -0.000938. The highest BCUT2D eigenvalue weighted by molar-refractivity contribution is 5.51. The SMILES string of the molecule is Cc1c(OC[C@H]2CNCCO2)nn(-c2ccccc2)c1N. The quantitative estimate of drug-likeness (QED) is 0.882. The molecule has 3 rings (SSSR count). The molecule has 1 aliphatic heterocycles. The highest BCUT2D eigenvalue weighted by Gasteiger charge is 2.18. The number of ether oxygens (including phenoxy) is 2. The lowest BCUT2D eigenvalue weighted by atomic mass is 10.3. The van der Waals surface area contributed by atoms with Crippen LogP contribution in [-0.4, -0.2) is 42.2 Å². The van der Waals surface area contributed by atoms with E-state index in [1.807, 2.05) is 37.3 Å². The minimum atomic E-state index is 0.0567. The highest BCUT2D eigenvalue weighted by atomic mass is 16.5. The minimum absolute atomic E-state index is 0.0567. The third-order valence-electron chi connectivity index (χ3n) is 3.54. The number of morpholine rings is 1. The molecule has 1 atom stereocenters. The Morgan fingerprint density at radius 2 is 2.24 bits per heavy atom. The Morgan fingerprint density at radius 3 is 2.95 bits per heavy atom. The number of para-hydroxylation sites is 1. The van der Waals surface area contributed by atoms with Crippen LogP contribution >= 0.6 is 0 Å². The van der Waals surface area contributed by atoms with Crippen LogP contribution in [0.25, 0.3) is 5.69 Å². The van der Waals surface area contributed by atoms with Crippen molar-refractivity contribution < 1.29 is 9.47 Å². The molecule has 112 valence electrons. The fraction of sp³-hybridized carbons (Fsp3) is 0.400. The molecule has 0 aliphatic carbocycles. The molecule has 6 nitrogen and oxygen atoms in total. The van der Waals surface area contributed by atoms with E-state index in [9.17, 15) is 0 Å². The van der Waals surface area contributed by atoms with Crippen molar-refractivity contribution in [3.63, 3.8) is 0 Å². The van der Waals surface area contributed by atoms with Gasteiger partial charge in [0.1, 0.15) is 18.5 Å². The number of nitrogens with one attached hydrogen (secondary N) is 1. The Morgan fingerprint density at radius 1 is 1.43 bits per heavy atom. The first-order valence-electron chi connectivity index (χ1n) is 7.11. The average molecular weight is 288 g/mol. The molecule has 1 fully saturated rings. The molecule has 21 heavy (non-hydrogen) atoms. The van der Waals surface area contributed by atoms with Gasteiger partial charge in [0.25, 0.3) is 0 Å². The van der Waals surface area contributed by atoms with Crippen molar-refractivity contribution in [3.05, 3.63) is 35.9 Å². The number of benzene rings is 1. The van der Waals surface area contributed by atoms with Gasteiger partial charge in [-0.25, -0.2) is 4.68 Å². The first-order valence-corrected chi connectivity index (χ1v) is 7.11. The van der Waals surface area contributed by atoms with Crippen LogP contribution in [0.3, 0.4) is 0 Å². The number of hydrogen-bond donors (Lipinski definition) is 2. The summed E-state index contributed by atoms with van der Waals surface area (Å²) in [5.74, 6) is 1.16. The van der Waals surface area contributed by atoms with Gasteiger partial charge in [-0.15, -0.1) is 5.10 Å². The predicted molar refractivity (Wildman–Crippen MR) is 80.8 cm³/mol. The van der Waals surface area contributed by atoms with E-state index < -0.39 is 0 Å². The van der Waals surface area contributed by atoms with Crippen molar-refractivity contribution in [2.24, 2.45) is 0 Å². The van der Waals surface area contributed by atoms with Crippen molar-refractivity contribution in [3.8, 4) is 11.6 Å². The Hall–Kier alpha value is -2.05. The monoisotopic (exact) mass is 288 g/mol. The minimum Gasteiger partial charge on any atom is -0.474 e. The molecular formula is C15H20N4O2. The summed E-state index contributed by atoms with van der Waals surface area (Å²) in [4.78, 5) is 0. The van der Waals surface area contributed by atoms with Crippen molar-refractivity contribution in [1.29, 1.82) is 0 Å². The van der Waals surface area contributed by atoms with E-state index in [-0.39, 0.29) is 6.10 Å². The van der Waals surface area contributed by atoms with E-state index in [4.69, 9.17) is 15.2 Å². The lowest BCUT2D eigenvalue weighted by Gasteiger charge is -2.23. The topological polar surface area (TPSA) is 74.3 Å². The molecule has 0 amide bonds. The molecular weight excluding hydrogens is 268 g/mol. The molecule has 0 saturated carbocycles. The molecule has 3 N–H and O–H groups in total. The van der Waals surface area contributed by atoms with Crippen LogP contribution in [0.2, 0.25) is 0 Å². The number of anilines is 1. The van der Waals surface area contributed by atoms with E-state index in [0.717, 1.165) is 24.3 Å². The summed E-state index contributed by atoms with van der Waals surface area (Å²) >= 11 is 0. The second-order valence-corrected chi connectivity index (χ2v) is 5.07. The third kappa shape index (κ3) is 3.01. The first kappa shape index (κ1) is 13.9. The van der Waals surface area contributed by atoms with Gasteiger partial charge in [0.05, 0.1) is 17.9 Å². The molecule has 0 bridgehead atoms. The Labute approximate surface area is 123 Å². The molecule has 0 radical (unpaired) electrons. The lowest BCUT2D eigenvalue weighted by Crippen LogP contribution is -2.41. The zero-order valence-electron chi connectivity index (χ0n) is 12.1. The number of rotatable bonds is 4. The number of nitrogens with two attached hydrogens (primary N) is 1. The summed E-state index contributed by atoms with van der Waals surface area (Å²) in [6.45, 7) is 4.79. The van der Waals surface area contributed by atoms with Crippen LogP contribution < -0.4 is 15.8 Å². The van der Waals surface area contributed by atoms with Crippen LogP contribution in [0.1, 0.15) is 5.56 Å². The highest BCUT2D eigenvalue weighted by Crippen LogP contribution is 2.25. The van der Waals surface area contributed by atoms with Crippen molar-refractivity contribution in [1.82, 2.24) is 15.1 Å². The van der Waals surface area contributed by atoms with E-state index in [2.05, 4.69) is 10.4 Å². The second kappa shape index (κ2) is 6.15. The summed E-state index contributed by atoms with van der Waals surface area (Å²) in [5, 5.41) is 7.73. The molecule has 1 aromatic carbocycles. The van der Waals surface area contributed by atoms with E-state index >= 15 is 0 Å². The maximum absolute atomic E-state index is 6.12. The Balaban J connectivity index is 1.74. The predicted octanol–water partition coefficient (Wildman–Crippen LogP) is 1.13. The van der Waals surface area contributed by atoms with Gasteiger partial charge in [-0.1, -0.05) is 18.2 Å². The average Bonchev–Trinajstić information content (AvgIpc) is 2.83. The molecule has 1 aliphatic rings. The number of aromatic nitrogens is 2. The van der Waals surface area contributed by atoms with Crippen molar-refractivity contribution in [2.45, 2.75) is 13.0 Å². The molecule has 1 aromatic heterocycles. The second-order valence-electron chi connectivity index (χ2n) is 5.07. The van der Waals surface area contributed by atoms with Crippen LogP contribution in [0, 0.1) is 6.92 Å². The standard InChI is InChI=1S/C15H20N4O2/c1-11-14(16)19(12-5-3-2-4-6-12)18-15(11)21-10-13-9-17-7-8-20-13/h2-6,13,17H,7-10,16H2,1H3/t13-/m1/s1. The fourth-order valence-corrected chi connectivity index (χ4v) is 2.29. The van der Waals surface area contributed by atoms with Crippen molar-refractivity contribution in [2.75, 3.05) is 32.0 Å². The fourth-order valence-electron chi connectivity index (χ4n) is 2.29. The summed E-state index contributed by atoms with van der Waals surface area (Å²) in [6.07, 6.45) is 0.0567. The van der Waals surface area contributed by atoms with Gasteiger partial charge >= 0.3 is 0 Å². The Kier molecular flexibility index (Phi) is 4.08. The largest absolute Gasteiger partial charge is 0.474 e. The number of nitrogen functional groups attached to an aromatic ring is 1. The molecule has 0 unspecified atom stereocenters. The van der Waals surface area contributed by atoms with E-state index in [1.165, 1.54) is 0 Å². The van der Waals surface area contributed by atoms with Gasteiger partial charge in [-0.3, -0.25) is 0 Å². The number of nitrogens with zero attached hydrogens (tertiary/aromatic N) is 2. The molecule has 0 spiro atoms. The van der Waals surface area contributed by atoms with Gasteiger partial charge in [0.2, 0.25) is 5.88 Å². The van der Waals surface area contributed by atoms with Crippen molar-refractivity contribution >= 4 is 5.82 Å². The van der Waals surface area contributed by atoms with Gasteiger partial charge in [-0.2, -0.15) is 0 Å². The van der Waals surface area contributed by atoms with Gasteiger partial charge < -0.3 is 20.5 Å². The summed E-state index contributed by atoms with van der Waals surface area (Å²) in [5.41, 5.74) is 7.89. The summed E-state index contributed by atoms with van der Waals surface area (Å²) in [6, 6.07) is 9.78. The van der Waals surface area contributed by atoms with Gasteiger partial charge in [-0.05, 0) is 19.1 Å². The Bertz CT molecular complexity index is 591. The zero-order chi connectivity index (χ0) is 14.7. The van der Waals surface area contributed by atoms with E-state index in [1.54, 1.807) is 4.68 Å². The first-order chi connectivity index (χ1) is 10.3. The zero-order valence-corrected chi connectivity index (χ0v) is 12.1. The summed E-state index contributed by atoms with van der Waals surface area (Å²) < 4.78 is 13.1. The molecule has 6 heteroatoms. The smallest absolute Gasteiger partial charge is 0.238 e. The molecule has 2 heterocycles. The molecule has 1 saturated heterocycles. The number of hydrogen-bond acceptors (Lipinski definition) is 5. The van der Waals surface area contributed by atoms with Crippen LogP contribution in [-0.2, 0) is 4.74 Å².